The van der Waals surface area contributed by atoms with Crippen LogP contribution >= 0.6 is 11.3 Å². The average molecular weight is 834 g/mol. The van der Waals surface area contributed by atoms with Gasteiger partial charge < -0.3 is 4.90 Å². The Bertz CT molecular complexity index is 3460. The molecular weight excluding hydrogens is 791 g/mol. The van der Waals surface area contributed by atoms with E-state index in [2.05, 4.69) is 243 Å². The molecule has 0 N–H and O–H groups in total. The molecule has 0 saturated carbocycles. The maximum Gasteiger partial charge on any atom is 0.0726 e. The van der Waals surface area contributed by atoms with E-state index >= 15 is 0 Å². The van der Waals surface area contributed by atoms with Gasteiger partial charge in [-0.15, -0.1) is 11.3 Å². The van der Waals surface area contributed by atoms with Gasteiger partial charge in [-0.3, -0.25) is 0 Å². The van der Waals surface area contributed by atoms with Crippen molar-refractivity contribution >= 4 is 50.6 Å². The number of benzene rings is 9. The Balaban J connectivity index is 1.11. The SMILES string of the molecule is C=Cc1c(/C=C\C)sc2c(-c3cccc(N(c4ccc(-c5ccccc5)cc4)c4cccc5c4-c4ccccc4C54c5ccccc5-c5ccc(-c6ccccc6)cc54)c3)cccc12. The van der Waals surface area contributed by atoms with E-state index in [1.807, 2.05) is 17.4 Å². The van der Waals surface area contributed by atoms with Crippen LogP contribution < -0.4 is 4.90 Å². The first-order valence-electron chi connectivity index (χ1n) is 22.1. The molecule has 64 heavy (non-hydrogen) atoms. The Labute approximate surface area is 379 Å². The fraction of sp³-hybridized carbons (Fsp3) is 0.0323. The predicted molar refractivity (Wildman–Crippen MR) is 274 cm³/mol. The van der Waals surface area contributed by atoms with Crippen LogP contribution in [0.1, 0.15) is 39.6 Å². The van der Waals surface area contributed by atoms with Crippen molar-refractivity contribution < 1.29 is 0 Å². The highest BCUT2D eigenvalue weighted by molar-refractivity contribution is 7.20. The summed E-state index contributed by atoms with van der Waals surface area (Å²) >= 11 is 1.84. The number of thiophene rings is 1. The molecule has 9 aromatic carbocycles. The minimum absolute atomic E-state index is 0.508. The summed E-state index contributed by atoms with van der Waals surface area (Å²) in [5, 5.41) is 1.24. The molecule has 0 aliphatic heterocycles. The standard InChI is InChI=1S/C62H43NS/c1-3-18-59-48(4-2)52-28-16-27-49(61(52)64-59)45-23-15-24-47(39-45)63(46-36-33-43(34-37-46)41-19-7-5-8-20-41)58-32-17-31-56-60(58)53-26-12-14-30-55(53)62(56)54-29-13-11-25-50(54)51-38-35-44(40-57(51)62)42-21-9-6-10-22-42/h3-40H,2H2,1H3/b18-3-. The molecule has 1 atom stereocenters. The largest absolute Gasteiger partial charge is 0.310 e. The first kappa shape index (κ1) is 37.9. The van der Waals surface area contributed by atoms with Gasteiger partial charge in [0.05, 0.1) is 11.1 Å². The number of rotatable bonds is 8. The van der Waals surface area contributed by atoms with Gasteiger partial charge in [0.2, 0.25) is 0 Å². The summed E-state index contributed by atoms with van der Waals surface area (Å²) in [6.45, 7) is 6.29. The Morgan fingerprint density at radius 2 is 1.03 bits per heavy atom. The van der Waals surface area contributed by atoms with Crippen molar-refractivity contribution in [2.45, 2.75) is 12.3 Å². The molecule has 12 rings (SSSR count). The summed E-state index contributed by atoms with van der Waals surface area (Å²) < 4.78 is 1.27. The number of fused-ring (bicyclic) bond motifs is 11. The Hall–Kier alpha value is -7.78. The molecule has 0 radical (unpaired) electrons. The second-order valence-corrected chi connectivity index (χ2v) is 17.8. The van der Waals surface area contributed by atoms with Crippen LogP contribution in [0.5, 0.6) is 0 Å². The van der Waals surface area contributed by atoms with E-state index in [1.54, 1.807) is 0 Å². The zero-order valence-corrected chi connectivity index (χ0v) is 36.3. The lowest BCUT2D eigenvalue weighted by molar-refractivity contribution is 0.794. The van der Waals surface area contributed by atoms with Crippen LogP contribution in [0.15, 0.2) is 225 Å². The summed E-state index contributed by atoms with van der Waals surface area (Å²) in [4.78, 5) is 3.72. The van der Waals surface area contributed by atoms with E-state index in [0.717, 1.165) is 17.1 Å². The van der Waals surface area contributed by atoms with Crippen LogP contribution in [-0.4, -0.2) is 0 Å². The minimum Gasteiger partial charge on any atom is -0.310 e. The van der Waals surface area contributed by atoms with Gasteiger partial charge in [0.1, 0.15) is 0 Å². The molecule has 0 fully saturated rings. The molecule has 0 bridgehead atoms. The molecule has 1 unspecified atom stereocenters. The third kappa shape index (κ3) is 5.69. The number of hydrogen-bond acceptors (Lipinski definition) is 2. The molecule has 302 valence electrons. The highest BCUT2D eigenvalue weighted by Gasteiger charge is 2.52. The maximum atomic E-state index is 4.21. The lowest BCUT2D eigenvalue weighted by Crippen LogP contribution is -2.26. The molecule has 1 aromatic heterocycles. The molecule has 1 spiro atoms. The van der Waals surface area contributed by atoms with E-state index in [-0.39, 0.29) is 0 Å². The van der Waals surface area contributed by atoms with Crippen LogP contribution in [0.25, 0.3) is 77.9 Å². The summed E-state index contributed by atoms with van der Waals surface area (Å²) in [6.07, 6.45) is 6.32. The molecule has 1 nitrogen and oxygen atoms in total. The molecule has 0 saturated heterocycles. The van der Waals surface area contributed by atoms with Crippen LogP contribution in [0.2, 0.25) is 0 Å². The summed E-state index contributed by atoms with van der Waals surface area (Å²) in [7, 11) is 0. The number of hydrogen-bond donors (Lipinski definition) is 0. The maximum absolute atomic E-state index is 4.21. The highest BCUT2D eigenvalue weighted by Crippen LogP contribution is 2.65. The third-order valence-electron chi connectivity index (χ3n) is 13.4. The van der Waals surface area contributed by atoms with Gasteiger partial charge in [-0.1, -0.05) is 195 Å². The fourth-order valence-corrected chi connectivity index (χ4v) is 12.0. The first-order valence-corrected chi connectivity index (χ1v) is 22.9. The highest BCUT2D eigenvalue weighted by atomic mass is 32.1. The fourth-order valence-electron chi connectivity index (χ4n) is 10.7. The van der Waals surface area contributed by atoms with Gasteiger partial charge in [-0.25, -0.2) is 0 Å². The van der Waals surface area contributed by atoms with Gasteiger partial charge in [-0.2, -0.15) is 0 Å². The lowest BCUT2D eigenvalue weighted by atomic mass is 9.70. The minimum atomic E-state index is -0.508. The van der Waals surface area contributed by atoms with Crippen molar-refractivity contribution in [3.05, 3.63) is 258 Å². The van der Waals surface area contributed by atoms with E-state index in [1.165, 1.54) is 98.4 Å². The van der Waals surface area contributed by atoms with Crippen LogP contribution in [0, 0.1) is 0 Å². The van der Waals surface area contributed by atoms with Gasteiger partial charge in [0.15, 0.2) is 0 Å². The van der Waals surface area contributed by atoms with Crippen LogP contribution in [0.4, 0.5) is 17.1 Å². The predicted octanol–water partition coefficient (Wildman–Crippen LogP) is 17.4. The van der Waals surface area contributed by atoms with Crippen molar-refractivity contribution in [2.75, 3.05) is 4.90 Å². The smallest absolute Gasteiger partial charge is 0.0726 e. The summed E-state index contributed by atoms with van der Waals surface area (Å²) in [6, 6.07) is 78.7. The zero-order chi connectivity index (χ0) is 42.8. The number of nitrogens with zero attached hydrogens (tertiary/aromatic N) is 1. The van der Waals surface area contributed by atoms with Gasteiger partial charge in [0.25, 0.3) is 0 Å². The third-order valence-corrected chi connectivity index (χ3v) is 14.6. The van der Waals surface area contributed by atoms with Crippen molar-refractivity contribution in [3.63, 3.8) is 0 Å². The van der Waals surface area contributed by atoms with E-state index < -0.39 is 5.41 Å². The molecule has 2 aliphatic rings. The van der Waals surface area contributed by atoms with E-state index in [4.69, 9.17) is 0 Å². The van der Waals surface area contributed by atoms with Crippen molar-refractivity contribution in [2.24, 2.45) is 0 Å². The number of allylic oxidation sites excluding steroid dienone is 1. The molecule has 10 aromatic rings. The normalized spacial score (nSPS) is 14.4. The van der Waals surface area contributed by atoms with Gasteiger partial charge in [0, 0.05) is 31.9 Å². The van der Waals surface area contributed by atoms with Gasteiger partial charge in [-0.05, 0) is 127 Å². The Morgan fingerprint density at radius 1 is 0.453 bits per heavy atom. The Morgan fingerprint density at radius 3 is 1.78 bits per heavy atom. The quantitative estimate of drug-likeness (QED) is 0.147. The average Bonchev–Trinajstić information content (AvgIpc) is 3.98. The number of anilines is 3. The molecule has 1 heterocycles. The topological polar surface area (TPSA) is 3.24 Å². The van der Waals surface area contributed by atoms with Gasteiger partial charge >= 0.3 is 0 Å². The van der Waals surface area contributed by atoms with Crippen LogP contribution in [0.3, 0.4) is 0 Å². The molecule has 2 heteroatoms. The van der Waals surface area contributed by atoms with Crippen LogP contribution in [-0.2, 0) is 5.41 Å². The van der Waals surface area contributed by atoms with Crippen molar-refractivity contribution in [3.8, 4) is 55.6 Å². The summed E-state index contributed by atoms with van der Waals surface area (Å²) in [5.41, 5.74) is 21.7. The van der Waals surface area contributed by atoms with E-state index in [9.17, 15) is 0 Å². The monoisotopic (exact) mass is 833 g/mol. The zero-order valence-electron chi connectivity index (χ0n) is 35.5. The second kappa shape index (κ2) is 15.2. The second-order valence-electron chi connectivity index (χ2n) is 16.7. The Kier molecular flexibility index (Phi) is 9.03. The van der Waals surface area contributed by atoms with Crippen molar-refractivity contribution in [1.29, 1.82) is 0 Å². The molecule has 0 amide bonds. The van der Waals surface area contributed by atoms with Crippen molar-refractivity contribution in [1.82, 2.24) is 0 Å². The molecular formula is C62H43NS. The van der Waals surface area contributed by atoms with E-state index in [0.29, 0.717) is 0 Å². The summed E-state index contributed by atoms with van der Waals surface area (Å²) in [5.74, 6) is 0. The first-order chi connectivity index (χ1) is 31.7. The lowest BCUT2D eigenvalue weighted by Gasteiger charge is -2.32. The molecule has 2 aliphatic carbocycles.